The summed E-state index contributed by atoms with van der Waals surface area (Å²) >= 11 is 3.71. The van der Waals surface area contributed by atoms with Gasteiger partial charge in [0.1, 0.15) is 0 Å². The van der Waals surface area contributed by atoms with E-state index in [1.807, 2.05) is 59.1 Å². The Morgan fingerprint density at radius 3 is 1.20 bits per heavy atom. The van der Waals surface area contributed by atoms with Gasteiger partial charge in [0.05, 0.1) is 22.1 Å². The largest absolute Gasteiger partial charge is 0.309 e. The van der Waals surface area contributed by atoms with Crippen molar-refractivity contribution in [2.75, 3.05) is 0 Å². The van der Waals surface area contributed by atoms with Gasteiger partial charge in [-0.3, -0.25) is 0 Å². The van der Waals surface area contributed by atoms with E-state index in [0.29, 0.717) is 17.5 Å². The third-order valence-electron chi connectivity index (χ3n) is 15.2. The van der Waals surface area contributed by atoms with Gasteiger partial charge in [0, 0.05) is 90.0 Å². The predicted octanol–water partition coefficient (Wildman–Crippen LogP) is 19.1. The van der Waals surface area contributed by atoms with Gasteiger partial charge >= 0.3 is 0 Å². The number of aromatic nitrogens is 5. The Balaban J connectivity index is 0.908. The van der Waals surface area contributed by atoms with Crippen molar-refractivity contribution in [3.8, 4) is 67.8 Å². The maximum absolute atomic E-state index is 5.35. The van der Waals surface area contributed by atoms with Crippen molar-refractivity contribution in [2.45, 2.75) is 0 Å². The van der Waals surface area contributed by atoms with Crippen molar-refractivity contribution >= 4 is 107 Å². The molecule has 0 radical (unpaired) electrons. The third-order valence-corrected chi connectivity index (χ3v) is 17.4. The molecule has 0 bridgehead atoms. The summed E-state index contributed by atoms with van der Waals surface area (Å²) in [4.78, 5) is 15.8. The fourth-order valence-corrected chi connectivity index (χ4v) is 14.1. The number of hydrogen-bond acceptors (Lipinski definition) is 5. The maximum atomic E-state index is 5.35. The summed E-state index contributed by atoms with van der Waals surface area (Å²) in [6.07, 6.45) is 0. The molecule has 0 unspecified atom stereocenters. The molecule has 76 heavy (non-hydrogen) atoms. The molecule has 354 valence electrons. The molecule has 5 aromatic heterocycles. The van der Waals surface area contributed by atoms with Crippen LogP contribution in [0.3, 0.4) is 0 Å². The molecule has 0 fully saturated rings. The van der Waals surface area contributed by atoms with Crippen molar-refractivity contribution in [1.82, 2.24) is 24.1 Å². The molecule has 0 aliphatic heterocycles. The van der Waals surface area contributed by atoms with Crippen LogP contribution in [0.1, 0.15) is 0 Å². The number of hydrogen-bond donors (Lipinski definition) is 0. The molecule has 7 heteroatoms. The highest BCUT2D eigenvalue weighted by Gasteiger charge is 2.23. The molecule has 16 aromatic rings. The lowest BCUT2D eigenvalue weighted by atomic mass is 9.93. The molecule has 0 aliphatic rings. The molecule has 0 N–H and O–H groups in total. The number of thiophene rings is 2. The van der Waals surface area contributed by atoms with Crippen LogP contribution in [0.5, 0.6) is 0 Å². The highest BCUT2D eigenvalue weighted by molar-refractivity contribution is 7.26. The summed E-state index contributed by atoms with van der Waals surface area (Å²) in [7, 11) is 0. The average Bonchev–Trinajstić information content (AvgIpc) is 4.31. The Bertz CT molecular complexity index is 4920. The first-order valence-corrected chi connectivity index (χ1v) is 27.2. The van der Waals surface area contributed by atoms with Gasteiger partial charge in [0.2, 0.25) is 0 Å². The first-order valence-electron chi connectivity index (χ1n) is 25.6. The van der Waals surface area contributed by atoms with Crippen LogP contribution in [-0.2, 0) is 0 Å². The number of nitrogens with zero attached hydrogens (tertiary/aromatic N) is 5. The fraction of sp³-hybridized carbons (Fsp3) is 0. The number of fused-ring (bicyclic) bond motifs is 14. The summed E-state index contributed by atoms with van der Waals surface area (Å²) in [6.45, 7) is 0. The van der Waals surface area contributed by atoms with Crippen molar-refractivity contribution in [3.63, 3.8) is 0 Å². The average molecular weight is 1000 g/mol. The lowest BCUT2D eigenvalue weighted by Crippen LogP contribution is -2.01. The zero-order chi connectivity index (χ0) is 49.8. The van der Waals surface area contributed by atoms with Gasteiger partial charge in [-0.05, 0) is 89.0 Å². The standard InChI is InChI=1S/C69H41N5S2/c1-5-17-42(18-6-1)67-70-68(43-19-7-2-8-20-43)72-69(71-67)56-39-44(45-30-33-54-61(40-45)75-59-37-35-52-50-25-13-15-27-57(50)73(65(52)63(54)59)47-21-9-3-10-22-47)29-32-49(56)46-31-34-55-62(41-46)76-60-38-36-53-51-26-14-16-28-58(51)74(66(53)64(55)60)48-23-11-4-12-24-48/h1-41H. The molecular weight excluding hydrogens is 963 g/mol. The SMILES string of the molecule is c1ccc(-c2nc(-c3ccccc3)nc(-c3cc(-c4ccc5c(c4)sc4ccc6c7ccccc7n(-c7ccccc7)c6c45)ccc3-c3ccc4c(c3)sc3ccc5c6ccccc6n(-c6ccccc6)c5c34)n2)cc1. The van der Waals surface area contributed by atoms with E-state index < -0.39 is 0 Å². The van der Waals surface area contributed by atoms with Crippen molar-refractivity contribution in [3.05, 3.63) is 249 Å². The lowest BCUT2D eigenvalue weighted by Gasteiger charge is -2.14. The molecule has 0 amide bonds. The van der Waals surface area contributed by atoms with E-state index in [1.54, 1.807) is 0 Å². The van der Waals surface area contributed by atoms with E-state index in [-0.39, 0.29) is 0 Å². The van der Waals surface area contributed by atoms with Gasteiger partial charge in [-0.15, -0.1) is 22.7 Å². The molecule has 16 rings (SSSR count). The molecule has 0 saturated heterocycles. The summed E-state index contributed by atoms with van der Waals surface area (Å²) in [6, 6.07) is 89.6. The van der Waals surface area contributed by atoms with Crippen LogP contribution in [-0.4, -0.2) is 24.1 Å². The van der Waals surface area contributed by atoms with E-state index in [2.05, 4.69) is 221 Å². The molecule has 5 heterocycles. The van der Waals surface area contributed by atoms with E-state index in [4.69, 9.17) is 15.0 Å². The quantitative estimate of drug-likeness (QED) is 0.160. The molecule has 0 aliphatic carbocycles. The van der Waals surface area contributed by atoms with Crippen LogP contribution in [0.25, 0.3) is 152 Å². The molecule has 0 atom stereocenters. The van der Waals surface area contributed by atoms with E-state index in [0.717, 1.165) is 50.3 Å². The molecule has 11 aromatic carbocycles. The first-order chi connectivity index (χ1) is 37.7. The van der Waals surface area contributed by atoms with Gasteiger partial charge in [-0.1, -0.05) is 182 Å². The summed E-state index contributed by atoms with van der Waals surface area (Å²) in [5, 5.41) is 10.1. The number of rotatable bonds is 7. The molecule has 0 saturated carbocycles. The van der Waals surface area contributed by atoms with Crippen LogP contribution >= 0.6 is 22.7 Å². The second-order valence-electron chi connectivity index (χ2n) is 19.5. The number of benzene rings is 11. The fourth-order valence-electron chi connectivity index (χ4n) is 11.8. The van der Waals surface area contributed by atoms with Crippen molar-refractivity contribution in [1.29, 1.82) is 0 Å². The maximum Gasteiger partial charge on any atom is 0.164 e. The van der Waals surface area contributed by atoms with Crippen molar-refractivity contribution in [2.24, 2.45) is 0 Å². The Labute approximate surface area is 444 Å². The van der Waals surface area contributed by atoms with Gasteiger partial charge in [0.25, 0.3) is 0 Å². The van der Waals surface area contributed by atoms with Crippen LogP contribution in [0, 0.1) is 0 Å². The monoisotopic (exact) mass is 1000 g/mol. The summed E-state index contributed by atoms with van der Waals surface area (Å²) < 4.78 is 9.88. The lowest BCUT2D eigenvalue weighted by molar-refractivity contribution is 1.07. The van der Waals surface area contributed by atoms with E-state index in [1.165, 1.54) is 84.0 Å². The Morgan fingerprint density at radius 2 is 0.671 bits per heavy atom. The van der Waals surface area contributed by atoms with Crippen LogP contribution in [0.4, 0.5) is 0 Å². The Hall–Kier alpha value is -9.53. The molecular formula is C69H41N5S2. The van der Waals surface area contributed by atoms with Crippen molar-refractivity contribution < 1.29 is 0 Å². The second-order valence-corrected chi connectivity index (χ2v) is 21.6. The Kier molecular flexibility index (Phi) is 9.61. The van der Waals surface area contributed by atoms with Gasteiger partial charge in [-0.2, -0.15) is 0 Å². The minimum atomic E-state index is 0.620. The highest BCUT2D eigenvalue weighted by Crippen LogP contribution is 2.47. The normalized spacial score (nSPS) is 11.9. The highest BCUT2D eigenvalue weighted by atomic mass is 32.1. The third kappa shape index (κ3) is 6.66. The van der Waals surface area contributed by atoms with Crippen LogP contribution in [0.15, 0.2) is 249 Å². The zero-order valence-corrected chi connectivity index (χ0v) is 42.4. The van der Waals surface area contributed by atoms with Gasteiger partial charge in [-0.25, -0.2) is 15.0 Å². The van der Waals surface area contributed by atoms with Gasteiger partial charge in [0.15, 0.2) is 17.5 Å². The van der Waals surface area contributed by atoms with Crippen LogP contribution in [0.2, 0.25) is 0 Å². The van der Waals surface area contributed by atoms with Crippen LogP contribution < -0.4 is 0 Å². The predicted molar refractivity (Wildman–Crippen MR) is 321 cm³/mol. The smallest absolute Gasteiger partial charge is 0.164 e. The summed E-state index contributed by atoms with van der Waals surface area (Å²) in [5.41, 5.74) is 14.4. The van der Waals surface area contributed by atoms with Gasteiger partial charge < -0.3 is 9.13 Å². The zero-order valence-electron chi connectivity index (χ0n) is 40.7. The number of para-hydroxylation sites is 4. The minimum absolute atomic E-state index is 0.620. The Morgan fingerprint density at radius 1 is 0.263 bits per heavy atom. The molecule has 0 spiro atoms. The van der Waals surface area contributed by atoms with E-state index in [9.17, 15) is 0 Å². The molecule has 5 nitrogen and oxygen atoms in total. The second kappa shape index (κ2) is 17.0. The van der Waals surface area contributed by atoms with E-state index >= 15 is 0 Å². The minimum Gasteiger partial charge on any atom is -0.309 e. The summed E-state index contributed by atoms with van der Waals surface area (Å²) in [5.74, 6) is 1.88. The first kappa shape index (κ1) is 42.9. The topological polar surface area (TPSA) is 48.5 Å².